The van der Waals surface area contributed by atoms with E-state index in [-0.39, 0.29) is 0 Å². The largest absolute Gasteiger partial charge is 0.491 e. The summed E-state index contributed by atoms with van der Waals surface area (Å²) in [5, 5.41) is 17.4. The minimum Gasteiger partial charge on any atom is -0.491 e. The fourth-order valence-electron chi connectivity index (χ4n) is 1.87. The topological polar surface area (TPSA) is 58.1 Å². The van der Waals surface area contributed by atoms with Crippen LogP contribution in [0.25, 0.3) is 10.9 Å². The summed E-state index contributed by atoms with van der Waals surface area (Å²) in [5.74, 6) is 0.854. The van der Waals surface area contributed by atoms with Gasteiger partial charge < -0.3 is 9.84 Å². The predicted molar refractivity (Wildman–Crippen MR) is 51.3 cm³/mol. The standard InChI is InChI=1S/C10H10N2O2/c13-7-3-8-9(14-5-7)2-1-6-4-11-12-10(6)8/h1-2,4,7,13H,3,5H2,(H,11,12). The zero-order valence-electron chi connectivity index (χ0n) is 7.53. The van der Waals surface area contributed by atoms with Crippen molar-refractivity contribution >= 4 is 10.9 Å². The van der Waals surface area contributed by atoms with Crippen LogP contribution in [-0.4, -0.2) is 28.0 Å². The van der Waals surface area contributed by atoms with E-state index >= 15 is 0 Å². The highest BCUT2D eigenvalue weighted by molar-refractivity contribution is 5.83. The Morgan fingerprint density at radius 2 is 2.43 bits per heavy atom. The van der Waals surface area contributed by atoms with E-state index in [9.17, 15) is 5.11 Å². The second-order valence-corrected chi connectivity index (χ2v) is 3.55. The Morgan fingerprint density at radius 3 is 3.36 bits per heavy atom. The normalized spacial score (nSPS) is 20.5. The number of aromatic nitrogens is 2. The number of fused-ring (bicyclic) bond motifs is 3. The molecule has 72 valence electrons. The number of ether oxygens (including phenoxy) is 1. The Kier molecular flexibility index (Phi) is 1.52. The van der Waals surface area contributed by atoms with Crippen molar-refractivity contribution in [3.05, 3.63) is 23.9 Å². The molecule has 0 aliphatic carbocycles. The number of aliphatic hydroxyl groups excluding tert-OH is 1. The van der Waals surface area contributed by atoms with Gasteiger partial charge in [-0.15, -0.1) is 0 Å². The quantitative estimate of drug-likeness (QED) is 0.647. The summed E-state index contributed by atoms with van der Waals surface area (Å²) in [5.41, 5.74) is 2.00. The number of nitrogens with one attached hydrogen (secondary N) is 1. The first kappa shape index (κ1) is 7.82. The van der Waals surface area contributed by atoms with Gasteiger partial charge in [-0.2, -0.15) is 5.10 Å². The van der Waals surface area contributed by atoms with Crippen molar-refractivity contribution in [2.75, 3.05) is 6.61 Å². The number of hydrogen-bond donors (Lipinski definition) is 2. The molecule has 0 radical (unpaired) electrons. The Balaban J connectivity index is 2.26. The molecule has 0 amide bonds. The number of aromatic amines is 1. The van der Waals surface area contributed by atoms with Crippen LogP contribution in [0.3, 0.4) is 0 Å². The van der Waals surface area contributed by atoms with Crippen LogP contribution in [0.4, 0.5) is 0 Å². The predicted octanol–water partition coefficient (Wildman–Crippen LogP) is 0.859. The van der Waals surface area contributed by atoms with Crippen LogP contribution >= 0.6 is 0 Å². The third kappa shape index (κ3) is 1.01. The van der Waals surface area contributed by atoms with Crippen molar-refractivity contribution < 1.29 is 9.84 Å². The summed E-state index contributed by atoms with van der Waals surface area (Å²) in [4.78, 5) is 0. The molecule has 2 N–H and O–H groups in total. The second kappa shape index (κ2) is 2.72. The number of benzene rings is 1. The summed E-state index contributed by atoms with van der Waals surface area (Å²) in [6.07, 6.45) is 2.00. The minimum atomic E-state index is -0.406. The van der Waals surface area contributed by atoms with E-state index in [0.717, 1.165) is 22.2 Å². The van der Waals surface area contributed by atoms with Crippen molar-refractivity contribution in [3.63, 3.8) is 0 Å². The van der Waals surface area contributed by atoms with Crippen LogP contribution in [0, 0.1) is 0 Å². The van der Waals surface area contributed by atoms with E-state index in [1.807, 2.05) is 12.1 Å². The van der Waals surface area contributed by atoms with Gasteiger partial charge in [0, 0.05) is 17.4 Å². The lowest BCUT2D eigenvalue weighted by Crippen LogP contribution is -2.25. The lowest BCUT2D eigenvalue weighted by molar-refractivity contribution is 0.0927. The lowest BCUT2D eigenvalue weighted by Gasteiger charge is -2.21. The molecule has 2 heterocycles. The van der Waals surface area contributed by atoms with Gasteiger partial charge in [-0.1, -0.05) is 0 Å². The van der Waals surface area contributed by atoms with Crippen molar-refractivity contribution in [2.45, 2.75) is 12.5 Å². The van der Waals surface area contributed by atoms with E-state index in [0.29, 0.717) is 13.0 Å². The van der Waals surface area contributed by atoms with Gasteiger partial charge in [-0.3, -0.25) is 5.10 Å². The van der Waals surface area contributed by atoms with Gasteiger partial charge in [0.15, 0.2) is 0 Å². The van der Waals surface area contributed by atoms with Crippen LogP contribution in [0.1, 0.15) is 5.56 Å². The summed E-state index contributed by atoms with van der Waals surface area (Å²) in [7, 11) is 0. The van der Waals surface area contributed by atoms with E-state index < -0.39 is 6.10 Å². The molecule has 0 saturated carbocycles. The molecule has 1 unspecified atom stereocenters. The van der Waals surface area contributed by atoms with E-state index in [1.54, 1.807) is 6.20 Å². The fraction of sp³-hybridized carbons (Fsp3) is 0.300. The summed E-state index contributed by atoms with van der Waals surface area (Å²) < 4.78 is 5.42. The number of nitrogens with zero attached hydrogens (tertiary/aromatic N) is 1. The Hall–Kier alpha value is -1.55. The number of rotatable bonds is 0. The van der Waals surface area contributed by atoms with Gasteiger partial charge >= 0.3 is 0 Å². The highest BCUT2D eigenvalue weighted by Gasteiger charge is 2.20. The van der Waals surface area contributed by atoms with Crippen molar-refractivity contribution in [1.82, 2.24) is 10.2 Å². The molecular weight excluding hydrogens is 180 g/mol. The van der Waals surface area contributed by atoms with Crippen molar-refractivity contribution in [1.29, 1.82) is 0 Å². The smallest absolute Gasteiger partial charge is 0.124 e. The maximum Gasteiger partial charge on any atom is 0.124 e. The molecule has 1 atom stereocenters. The minimum absolute atomic E-state index is 0.382. The molecule has 2 aromatic rings. The van der Waals surface area contributed by atoms with Gasteiger partial charge in [0.05, 0.1) is 17.8 Å². The zero-order chi connectivity index (χ0) is 9.54. The molecule has 1 aromatic heterocycles. The SMILES string of the molecule is OC1COc2ccc3cn[nH]c3c2C1. The monoisotopic (exact) mass is 190 g/mol. The molecule has 0 saturated heterocycles. The van der Waals surface area contributed by atoms with Crippen molar-refractivity contribution in [3.8, 4) is 5.75 Å². The molecule has 0 fully saturated rings. The molecule has 0 bridgehead atoms. The van der Waals surface area contributed by atoms with E-state index in [2.05, 4.69) is 10.2 Å². The lowest BCUT2D eigenvalue weighted by atomic mass is 10.0. The fourth-order valence-corrected chi connectivity index (χ4v) is 1.87. The molecule has 1 aromatic carbocycles. The average molecular weight is 190 g/mol. The summed E-state index contributed by atoms with van der Waals surface area (Å²) in [6, 6.07) is 3.90. The molecule has 3 rings (SSSR count). The van der Waals surface area contributed by atoms with Crippen LogP contribution < -0.4 is 4.74 Å². The van der Waals surface area contributed by atoms with E-state index in [4.69, 9.17) is 4.74 Å². The molecule has 0 spiro atoms. The third-order valence-corrected chi connectivity index (χ3v) is 2.55. The Labute approximate surface area is 80.5 Å². The van der Waals surface area contributed by atoms with Crippen LogP contribution in [0.2, 0.25) is 0 Å². The molecule has 4 heteroatoms. The van der Waals surface area contributed by atoms with Crippen LogP contribution in [0.5, 0.6) is 5.75 Å². The Morgan fingerprint density at radius 1 is 1.50 bits per heavy atom. The number of aliphatic hydroxyl groups is 1. The number of hydrogen-bond acceptors (Lipinski definition) is 3. The second-order valence-electron chi connectivity index (χ2n) is 3.55. The van der Waals surface area contributed by atoms with E-state index in [1.165, 1.54) is 0 Å². The van der Waals surface area contributed by atoms with Gasteiger partial charge in [0.1, 0.15) is 12.4 Å². The maximum absolute atomic E-state index is 9.49. The summed E-state index contributed by atoms with van der Waals surface area (Å²) in [6.45, 7) is 0.382. The highest BCUT2D eigenvalue weighted by Crippen LogP contribution is 2.30. The number of H-pyrrole nitrogens is 1. The first-order chi connectivity index (χ1) is 6.84. The van der Waals surface area contributed by atoms with Gasteiger partial charge in [-0.05, 0) is 12.1 Å². The maximum atomic E-state index is 9.49. The molecule has 14 heavy (non-hydrogen) atoms. The highest BCUT2D eigenvalue weighted by atomic mass is 16.5. The third-order valence-electron chi connectivity index (χ3n) is 2.55. The van der Waals surface area contributed by atoms with Crippen molar-refractivity contribution in [2.24, 2.45) is 0 Å². The molecule has 1 aliphatic heterocycles. The van der Waals surface area contributed by atoms with Crippen LogP contribution in [-0.2, 0) is 6.42 Å². The molecule has 1 aliphatic rings. The Bertz CT molecular complexity index is 478. The van der Waals surface area contributed by atoms with Gasteiger partial charge in [0.2, 0.25) is 0 Å². The first-order valence-electron chi connectivity index (χ1n) is 4.60. The van der Waals surface area contributed by atoms with Gasteiger partial charge in [-0.25, -0.2) is 0 Å². The first-order valence-corrected chi connectivity index (χ1v) is 4.60. The van der Waals surface area contributed by atoms with Gasteiger partial charge in [0.25, 0.3) is 0 Å². The summed E-state index contributed by atoms with van der Waals surface area (Å²) >= 11 is 0. The molecular formula is C10H10N2O2. The zero-order valence-corrected chi connectivity index (χ0v) is 7.53. The average Bonchev–Trinajstić information content (AvgIpc) is 2.65. The van der Waals surface area contributed by atoms with Crippen LogP contribution in [0.15, 0.2) is 18.3 Å². The molecule has 4 nitrogen and oxygen atoms in total.